The maximum Gasteiger partial charge on any atom is 0.412 e. The van der Waals surface area contributed by atoms with E-state index in [2.05, 4.69) is 24.9 Å². The van der Waals surface area contributed by atoms with Gasteiger partial charge in [0.25, 0.3) is 5.69 Å². The molecule has 1 fully saturated rings. The van der Waals surface area contributed by atoms with E-state index in [9.17, 15) is 25.1 Å². The number of unbranched alkanes of at least 4 members (excludes halogenated alkanes) is 11. The van der Waals surface area contributed by atoms with Crippen molar-refractivity contribution in [2.75, 3.05) is 39.8 Å². The number of ether oxygens (including phenoxy) is 5. The molecule has 0 bridgehead atoms. The average molecular weight is 1040 g/mol. The van der Waals surface area contributed by atoms with Gasteiger partial charge in [-0.25, -0.2) is 4.79 Å². The Morgan fingerprint density at radius 2 is 1.59 bits per heavy atom. The summed E-state index contributed by atoms with van der Waals surface area (Å²) in [6.07, 6.45) is 22.7. The van der Waals surface area contributed by atoms with Crippen LogP contribution in [0.3, 0.4) is 0 Å². The first-order valence-electron chi connectivity index (χ1n) is 27.4. The van der Waals surface area contributed by atoms with Gasteiger partial charge in [-0.15, -0.1) is 6.58 Å². The number of aliphatic hydroxyl groups excluding tert-OH is 2. The fourth-order valence-corrected chi connectivity index (χ4v) is 11.3. The number of hydrogen-bond acceptors (Lipinski definition) is 13. The lowest BCUT2D eigenvalue weighted by Gasteiger charge is -2.60. The van der Waals surface area contributed by atoms with Crippen molar-refractivity contribution in [3.05, 3.63) is 118 Å². The molecule has 4 aliphatic rings. The van der Waals surface area contributed by atoms with Crippen LogP contribution in [0.2, 0.25) is 0 Å². The van der Waals surface area contributed by atoms with Crippen molar-refractivity contribution in [3.63, 3.8) is 0 Å². The van der Waals surface area contributed by atoms with Crippen molar-refractivity contribution in [1.82, 2.24) is 10.2 Å². The summed E-state index contributed by atoms with van der Waals surface area (Å²) in [5.74, 6) is -1.01. The summed E-state index contributed by atoms with van der Waals surface area (Å²) >= 11 is 0. The molecule has 0 radical (unpaired) electrons. The van der Waals surface area contributed by atoms with Crippen LogP contribution in [0.5, 0.6) is 23.0 Å². The maximum atomic E-state index is 15.3. The number of nitro benzene ring substituents is 1. The first-order chi connectivity index (χ1) is 36.6. The van der Waals surface area contributed by atoms with Gasteiger partial charge >= 0.3 is 6.09 Å². The van der Waals surface area contributed by atoms with Gasteiger partial charge in [-0.1, -0.05) is 101 Å². The number of amides is 2. The molecular weight excluding hydrogens is 957 g/mol. The number of benzene rings is 3. The van der Waals surface area contributed by atoms with E-state index in [4.69, 9.17) is 33.7 Å². The molecule has 0 unspecified atom stereocenters. The number of carbonyl (C=O) groups is 2. The van der Waals surface area contributed by atoms with Crippen LogP contribution in [-0.4, -0.2) is 89.3 Å². The number of nitro groups is 1. The summed E-state index contributed by atoms with van der Waals surface area (Å²) in [4.78, 5) is 47.4. The summed E-state index contributed by atoms with van der Waals surface area (Å²) in [7, 11) is 0. The fraction of sp³-hybridized carbons (Fsp3) is 0.542. The minimum atomic E-state index is -1.57. The molecule has 75 heavy (non-hydrogen) atoms. The molecule has 3 N–H and O–H groups in total. The number of nitrogens with one attached hydrogen (secondary N) is 1. The van der Waals surface area contributed by atoms with Gasteiger partial charge in [0.15, 0.2) is 11.5 Å². The monoisotopic (exact) mass is 1030 g/mol. The Morgan fingerprint density at radius 1 is 0.880 bits per heavy atom. The molecular formula is C59H78N4O12. The fourth-order valence-electron chi connectivity index (χ4n) is 11.3. The molecule has 0 aromatic heterocycles. The van der Waals surface area contributed by atoms with Crippen LogP contribution in [0.15, 0.2) is 96.2 Å². The molecule has 0 spiro atoms. The second-order valence-corrected chi connectivity index (χ2v) is 20.0. The lowest BCUT2D eigenvalue weighted by molar-refractivity contribution is -0.384. The topological polar surface area (TPSA) is 201 Å². The van der Waals surface area contributed by atoms with E-state index >= 15 is 4.79 Å². The van der Waals surface area contributed by atoms with Crippen LogP contribution in [0.1, 0.15) is 146 Å². The van der Waals surface area contributed by atoms with Gasteiger partial charge in [0.2, 0.25) is 18.5 Å². The molecule has 3 aromatic rings. The number of rotatable bonds is 31. The van der Waals surface area contributed by atoms with E-state index in [1.54, 1.807) is 35.3 Å². The third kappa shape index (κ3) is 14.6. The predicted molar refractivity (Wildman–Crippen MR) is 288 cm³/mol. The Labute approximate surface area is 442 Å². The molecule has 7 rings (SSSR count). The highest BCUT2D eigenvalue weighted by Gasteiger charge is 2.65. The largest absolute Gasteiger partial charge is 0.459 e. The molecule has 2 amide bonds. The van der Waals surface area contributed by atoms with Crippen LogP contribution in [0, 0.1) is 27.9 Å². The van der Waals surface area contributed by atoms with E-state index in [-0.39, 0.29) is 69.6 Å². The summed E-state index contributed by atoms with van der Waals surface area (Å²) in [5.41, 5.74) is 3.57. The SMILES string of the molecule is C=CCO[C@@]12Oc3ccc(OC(=O)NCCCCCCCCCCCC)cc3[C@H]3[C@H](CCCCO)[C@@H](CCCCO)C=C(C(=NOCC)C[C@@H]1N(Cc1ccc4c(c1)OCO4)C(=O)C=Cc1ccc([N+](=O)[O-])cc1)[C@H]32. The van der Waals surface area contributed by atoms with Crippen LogP contribution >= 0.6 is 0 Å². The van der Waals surface area contributed by atoms with Crippen molar-refractivity contribution in [1.29, 1.82) is 0 Å². The second-order valence-electron chi connectivity index (χ2n) is 20.0. The van der Waals surface area contributed by atoms with E-state index in [1.807, 2.05) is 37.3 Å². The predicted octanol–water partition coefficient (Wildman–Crippen LogP) is 11.7. The molecule has 406 valence electrons. The Morgan fingerprint density at radius 3 is 2.29 bits per heavy atom. The standard InChI is InChI=1S/C59H78N4O12/c1-4-7-8-9-10-11-12-13-14-17-32-60-58(67)74-46-28-30-51-49(38-46)56-47(21-16-19-34-65)44(20-15-18-33-64)37-48-50(61-73-6-3)39-54(59(75-51,57(48)56)72-35-5-2)62(40-43-24-29-52-53(36-43)71-41-70-52)55(66)31-25-42-22-26-45(27-23-42)63(68)69/h5,22-31,36-38,44,47,54,56-57,64-65H,2,4,6-21,32-35,39-41H2,1,3H3,(H,60,67)/t44-,47+,54-,56+,57+,59+/m0/s1. The highest BCUT2D eigenvalue weighted by atomic mass is 16.7. The minimum absolute atomic E-state index is 0.0112. The molecule has 2 heterocycles. The second kappa shape index (κ2) is 28.6. The molecule has 16 nitrogen and oxygen atoms in total. The first kappa shape index (κ1) is 56.5. The Bertz CT molecular complexity index is 2460. The van der Waals surface area contributed by atoms with Crippen LogP contribution in [0.4, 0.5) is 10.5 Å². The third-order valence-corrected chi connectivity index (χ3v) is 14.9. The number of nitrogens with zero attached hydrogens (tertiary/aromatic N) is 3. The van der Waals surface area contributed by atoms with Crippen LogP contribution in [0.25, 0.3) is 6.08 Å². The molecule has 16 heteroatoms. The lowest BCUT2D eigenvalue weighted by atomic mass is 9.55. The smallest absolute Gasteiger partial charge is 0.412 e. The lowest BCUT2D eigenvalue weighted by Crippen LogP contribution is -2.70. The van der Waals surface area contributed by atoms with Gasteiger partial charge in [-0.05, 0) is 116 Å². The van der Waals surface area contributed by atoms with Crippen molar-refractivity contribution in [3.8, 4) is 23.0 Å². The highest BCUT2D eigenvalue weighted by Crippen LogP contribution is 2.62. The third-order valence-electron chi connectivity index (χ3n) is 14.9. The molecule has 6 atom stereocenters. The first-order valence-corrected chi connectivity index (χ1v) is 27.4. The Kier molecular flexibility index (Phi) is 21.5. The van der Waals surface area contributed by atoms with Gasteiger partial charge in [0.1, 0.15) is 24.1 Å². The highest BCUT2D eigenvalue weighted by molar-refractivity contribution is 6.03. The average Bonchev–Trinajstić information content (AvgIpc) is 3.93. The minimum Gasteiger partial charge on any atom is -0.459 e. The summed E-state index contributed by atoms with van der Waals surface area (Å²) in [5, 5.41) is 39.3. The Balaban J connectivity index is 1.30. The zero-order valence-corrected chi connectivity index (χ0v) is 44.0. The normalized spacial score (nSPS) is 21.7. The molecule has 2 aliphatic heterocycles. The van der Waals surface area contributed by atoms with Crippen molar-refractivity contribution >= 4 is 29.5 Å². The number of allylic oxidation sites excluding steroid dienone is 1. The number of hydrogen-bond donors (Lipinski definition) is 3. The summed E-state index contributed by atoms with van der Waals surface area (Å²) in [6, 6.07) is 16.1. The number of oxime groups is 1. The van der Waals surface area contributed by atoms with Crippen LogP contribution in [-0.2, 0) is 20.9 Å². The quantitative estimate of drug-likeness (QED) is 0.0181. The van der Waals surface area contributed by atoms with E-state index in [1.165, 1.54) is 63.2 Å². The Hall–Kier alpha value is -6.23. The zero-order chi connectivity index (χ0) is 53.0. The number of fused-ring (bicyclic) bond motifs is 3. The van der Waals surface area contributed by atoms with Gasteiger partial charge in [-0.3, -0.25) is 14.9 Å². The van der Waals surface area contributed by atoms with Gasteiger partial charge in [0, 0.05) is 62.4 Å². The van der Waals surface area contributed by atoms with Gasteiger partial charge in [0.05, 0.1) is 23.2 Å². The van der Waals surface area contributed by atoms with Crippen molar-refractivity contribution in [2.45, 2.75) is 147 Å². The van der Waals surface area contributed by atoms with Crippen molar-refractivity contribution in [2.24, 2.45) is 22.9 Å². The van der Waals surface area contributed by atoms with E-state index < -0.39 is 34.7 Å². The van der Waals surface area contributed by atoms with Gasteiger partial charge in [-0.2, -0.15) is 0 Å². The zero-order valence-electron chi connectivity index (χ0n) is 44.0. The van der Waals surface area contributed by atoms with E-state index in [0.29, 0.717) is 53.7 Å². The summed E-state index contributed by atoms with van der Waals surface area (Å²) in [6.45, 7) is 9.24. The number of aliphatic hydroxyl groups is 2. The molecule has 0 saturated heterocycles. The summed E-state index contributed by atoms with van der Waals surface area (Å²) < 4.78 is 32.1. The molecule has 1 saturated carbocycles. The molecule has 3 aromatic carbocycles. The van der Waals surface area contributed by atoms with E-state index in [0.717, 1.165) is 61.6 Å². The molecule has 2 aliphatic carbocycles. The van der Waals surface area contributed by atoms with Gasteiger partial charge < -0.3 is 49.0 Å². The maximum absolute atomic E-state index is 15.3. The van der Waals surface area contributed by atoms with Crippen molar-refractivity contribution < 1.29 is 53.2 Å². The number of carbonyl (C=O) groups excluding carboxylic acids is 2. The van der Waals surface area contributed by atoms with Crippen LogP contribution < -0.4 is 24.3 Å². The number of non-ortho nitro benzene ring substituents is 1.